The highest BCUT2D eigenvalue weighted by Crippen LogP contribution is 2.13. The zero-order valence-electron chi connectivity index (χ0n) is 11.0. The Morgan fingerprint density at radius 3 is 2.50 bits per heavy atom. The van der Waals surface area contributed by atoms with E-state index in [1.165, 1.54) is 0 Å². The summed E-state index contributed by atoms with van der Waals surface area (Å²) >= 11 is 0. The Labute approximate surface area is 99.6 Å². The van der Waals surface area contributed by atoms with Gasteiger partial charge in [0, 0.05) is 31.6 Å². The molecule has 1 aliphatic heterocycles. The molecule has 0 spiro atoms. The molecule has 94 valence electrons. The van der Waals surface area contributed by atoms with Crippen molar-refractivity contribution >= 4 is 5.91 Å². The Morgan fingerprint density at radius 2 is 2.00 bits per heavy atom. The van der Waals surface area contributed by atoms with Gasteiger partial charge in [0.25, 0.3) is 0 Å². The molecule has 0 radical (unpaired) electrons. The molecule has 0 bridgehead atoms. The van der Waals surface area contributed by atoms with Crippen LogP contribution >= 0.6 is 0 Å². The van der Waals surface area contributed by atoms with Gasteiger partial charge in [0.1, 0.15) is 0 Å². The molecular formula is C13H26N2O. The molecule has 0 atom stereocenters. The summed E-state index contributed by atoms with van der Waals surface area (Å²) in [6.45, 7) is 8.83. The largest absolute Gasteiger partial charge is 0.353 e. The predicted molar refractivity (Wildman–Crippen MR) is 67.4 cm³/mol. The van der Waals surface area contributed by atoms with Gasteiger partial charge in [0.2, 0.25) is 5.91 Å². The number of unbranched alkanes of at least 4 members (excludes halogenated alkanes) is 1. The lowest BCUT2D eigenvalue weighted by molar-refractivity contribution is -0.122. The van der Waals surface area contributed by atoms with Gasteiger partial charge >= 0.3 is 0 Å². The first kappa shape index (κ1) is 13.5. The topological polar surface area (TPSA) is 32.3 Å². The maximum absolute atomic E-state index is 11.6. The lowest BCUT2D eigenvalue weighted by Crippen LogP contribution is -2.46. The fraction of sp³-hybridized carbons (Fsp3) is 0.923. The molecule has 0 aliphatic carbocycles. The van der Waals surface area contributed by atoms with Gasteiger partial charge in [-0.15, -0.1) is 0 Å². The zero-order chi connectivity index (χ0) is 12.0. The van der Waals surface area contributed by atoms with Crippen LogP contribution in [0.25, 0.3) is 0 Å². The molecule has 0 aromatic heterocycles. The van der Waals surface area contributed by atoms with Gasteiger partial charge in [-0.3, -0.25) is 4.79 Å². The molecule has 3 nitrogen and oxygen atoms in total. The lowest BCUT2D eigenvalue weighted by atomic mass is 10.0. The summed E-state index contributed by atoms with van der Waals surface area (Å²) < 4.78 is 0. The summed E-state index contributed by atoms with van der Waals surface area (Å²) in [7, 11) is 0. The summed E-state index contributed by atoms with van der Waals surface area (Å²) in [6, 6.07) is 1.05. The number of amides is 1. The Kier molecular flexibility index (Phi) is 5.81. The molecule has 1 amide bonds. The third kappa shape index (κ3) is 4.52. The van der Waals surface area contributed by atoms with Crippen molar-refractivity contribution in [3.63, 3.8) is 0 Å². The van der Waals surface area contributed by atoms with Crippen LogP contribution in [0.15, 0.2) is 0 Å². The van der Waals surface area contributed by atoms with Crippen molar-refractivity contribution in [1.82, 2.24) is 10.2 Å². The maximum Gasteiger partial charge on any atom is 0.220 e. The highest BCUT2D eigenvalue weighted by Gasteiger charge is 2.21. The Bertz CT molecular complexity index is 208. The van der Waals surface area contributed by atoms with Gasteiger partial charge in [-0.25, -0.2) is 0 Å². The van der Waals surface area contributed by atoms with Crippen molar-refractivity contribution in [3.05, 3.63) is 0 Å². The van der Waals surface area contributed by atoms with Crippen LogP contribution in [0.4, 0.5) is 0 Å². The number of piperidine rings is 1. The lowest BCUT2D eigenvalue weighted by Gasteiger charge is -2.34. The van der Waals surface area contributed by atoms with Crippen molar-refractivity contribution in [2.45, 2.75) is 65.0 Å². The van der Waals surface area contributed by atoms with Crippen LogP contribution in [0.1, 0.15) is 52.9 Å². The van der Waals surface area contributed by atoms with Crippen LogP contribution in [-0.2, 0) is 4.79 Å². The molecule has 1 aliphatic rings. The normalized spacial score (nSPS) is 19.0. The van der Waals surface area contributed by atoms with Crippen molar-refractivity contribution in [1.29, 1.82) is 0 Å². The first-order valence-electron chi connectivity index (χ1n) is 6.67. The minimum Gasteiger partial charge on any atom is -0.353 e. The number of hydrogen-bond donors (Lipinski definition) is 1. The third-order valence-electron chi connectivity index (χ3n) is 3.38. The molecule has 1 fully saturated rings. The fourth-order valence-corrected chi connectivity index (χ4v) is 2.20. The van der Waals surface area contributed by atoms with Crippen LogP contribution in [0.2, 0.25) is 0 Å². The maximum atomic E-state index is 11.6. The Hall–Kier alpha value is -0.570. The molecule has 3 heteroatoms. The second-order valence-corrected chi connectivity index (χ2v) is 5.08. The number of likely N-dealkylation sites (tertiary alicyclic amines) is 1. The SMILES string of the molecule is CCCCC(=O)NC1CCN(C(C)C)CC1. The average molecular weight is 226 g/mol. The van der Waals surface area contributed by atoms with E-state index in [0.717, 1.165) is 38.8 Å². The summed E-state index contributed by atoms with van der Waals surface area (Å²) in [5.74, 6) is 0.241. The summed E-state index contributed by atoms with van der Waals surface area (Å²) in [5.41, 5.74) is 0. The molecule has 0 aromatic rings. The van der Waals surface area contributed by atoms with Crippen LogP contribution in [-0.4, -0.2) is 36.0 Å². The molecule has 0 unspecified atom stereocenters. The highest BCUT2D eigenvalue weighted by atomic mass is 16.1. The first-order valence-corrected chi connectivity index (χ1v) is 6.67. The molecular weight excluding hydrogens is 200 g/mol. The van der Waals surface area contributed by atoms with E-state index in [-0.39, 0.29) is 5.91 Å². The van der Waals surface area contributed by atoms with E-state index in [9.17, 15) is 4.79 Å². The fourth-order valence-electron chi connectivity index (χ4n) is 2.20. The number of hydrogen-bond acceptors (Lipinski definition) is 2. The van der Waals surface area contributed by atoms with Crippen LogP contribution in [0, 0.1) is 0 Å². The number of carbonyl (C=O) groups excluding carboxylic acids is 1. The molecule has 1 saturated heterocycles. The molecule has 1 N–H and O–H groups in total. The molecule has 16 heavy (non-hydrogen) atoms. The second-order valence-electron chi connectivity index (χ2n) is 5.08. The van der Waals surface area contributed by atoms with Gasteiger partial charge < -0.3 is 10.2 Å². The van der Waals surface area contributed by atoms with Gasteiger partial charge in [0.05, 0.1) is 0 Å². The Balaban J connectivity index is 2.19. The molecule has 0 aromatic carbocycles. The summed E-state index contributed by atoms with van der Waals surface area (Å²) in [5, 5.41) is 3.15. The molecule has 1 heterocycles. The third-order valence-corrected chi connectivity index (χ3v) is 3.38. The quantitative estimate of drug-likeness (QED) is 0.779. The van der Waals surface area contributed by atoms with E-state index in [4.69, 9.17) is 0 Å². The van der Waals surface area contributed by atoms with Crippen molar-refractivity contribution in [2.75, 3.05) is 13.1 Å². The number of nitrogens with zero attached hydrogens (tertiary/aromatic N) is 1. The number of rotatable bonds is 5. The number of carbonyl (C=O) groups is 1. The summed E-state index contributed by atoms with van der Waals surface area (Å²) in [4.78, 5) is 14.0. The monoisotopic (exact) mass is 226 g/mol. The van der Waals surface area contributed by atoms with E-state index < -0.39 is 0 Å². The van der Waals surface area contributed by atoms with Crippen LogP contribution < -0.4 is 5.32 Å². The zero-order valence-corrected chi connectivity index (χ0v) is 11.0. The van der Waals surface area contributed by atoms with E-state index in [1.807, 2.05) is 0 Å². The van der Waals surface area contributed by atoms with Crippen molar-refractivity contribution in [2.24, 2.45) is 0 Å². The highest BCUT2D eigenvalue weighted by molar-refractivity contribution is 5.76. The number of nitrogens with one attached hydrogen (secondary N) is 1. The standard InChI is InChI=1S/C13H26N2O/c1-4-5-6-13(16)14-12-7-9-15(10-8-12)11(2)3/h11-12H,4-10H2,1-3H3,(H,14,16). The summed E-state index contributed by atoms with van der Waals surface area (Å²) in [6.07, 6.45) is 5.02. The first-order chi connectivity index (χ1) is 7.63. The van der Waals surface area contributed by atoms with E-state index in [0.29, 0.717) is 18.5 Å². The Morgan fingerprint density at radius 1 is 1.38 bits per heavy atom. The molecule has 0 saturated carbocycles. The van der Waals surface area contributed by atoms with E-state index >= 15 is 0 Å². The van der Waals surface area contributed by atoms with E-state index in [2.05, 4.69) is 31.0 Å². The minimum atomic E-state index is 0.241. The van der Waals surface area contributed by atoms with Gasteiger partial charge in [-0.05, 0) is 33.1 Å². The van der Waals surface area contributed by atoms with Gasteiger partial charge in [0.15, 0.2) is 0 Å². The van der Waals surface area contributed by atoms with Gasteiger partial charge in [-0.2, -0.15) is 0 Å². The average Bonchev–Trinajstić information content (AvgIpc) is 2.27. The van der Waals surface area contributed by atoms with Crippen LogP contribution in [0.5, 0.6) is 0 Å². The van der Waals surface area contributed by atoms with Crippen LogP contribution in [0.3, 0.4) is 0 Å². The van der Waals surface area contributed by atoms with Gasteiger partial charge in [-0.1, -0.05) is 13.3 Å². The van der Waals surface area contributed by atoms with E-state index in [1.54, 1.807) is 0 Å². The second kappa shape index (κ2) is 6.89. The molecule has 1 rings (SSSR count). The smallest absolute Gasteiger partial charge is 0.220 e. The predicted octanol–water partition coefficient (Wildman–Crippen LogP) is 2.17. The minimum absolute atomic E-state index is 0.241. The van der Waals surface area contributed by atoms with Crippen molar-refractivity contribution < 1.29 is 4.79 Å². The van der Waals surface area contributed by atoms with Crippen molar-refractivity contribution in [3.8, 4) is 0 Å².